The van der Waals surface area contributed by atoms with Gasteiger partial charge in [-0.25, -0.2) is 0 Å². The summed E-state index contributed by atoms with van der Waals surface area (Å²) < 4.78 is 0. The van der Waals surface area contributed by atoms with Crippen LogP contribution in [0.15, 0.2) is 11.1 Å². The van der Waals surface area contributed by atoms with Gasteiger partial charge >= 0.3 is 0 Å². The van der Waals surface area contributed by atoms with Gasteiger partial charge in [0.05, 0.1) is 0 Å². The lowest BCUT2D eigenvalue weighted by atomic mass is 9.96. The fourth-order valence-electron chi connectivity index (χ4n) is 2.67. The van der Waals surface area contributed by atoms with E-state index in [1.54, 1.807) is 0 Å². The van der Waals surface area contributed by atoms with Crippen molar-refractivity contribution in [1.82, 2.24) is 15.1 Å². The molecule has 2 rings (SSSR count). The van der Waals surface area contributed by atoms with Gasteiger partial charge in [-0.15, -0.1) is 0 Å². The van der Waals surface area contributed by atoms with Crippen LogP contribution in [0.2, 0.25) is 0 Å². The summed E-state index contributed by atoms with van der Waals surface area (Å²) in [4.78, 5) is 16.5. The maximum atomic E-state index is 12.2. The molecule has 2 aliphatic rings. The molecule has 0 radical (unpaired) electrons. The molecule has 2 heterocycles. The molecule has 0 spiro atoms. The predicted molar refractivity (Wildman–Crippen MR) is 73.4 cm³/mol. The van der Waals surface area contributed by atoms with Gasteiger partial charge in [-0.2, -0.15) is 0 Å². The summed E-state index contributed by atoms with van der Waals surface area (Å²) in [5.74, 6) is 0.887. The van der Waals surface area contributed by atoms with E-state index in [2.05, 4.69) is 17.3 Å². The summed E-state index contributed by atoms with van der Waals surface area (Å²) in [5, 5.41) is 3.19. The van der Waals surface area contributed by atoms with Gasteiger partial charge in [-0.3, -0.25) is 4.79 Å². The van der Waals surface area contributed by atoms with Crippen LogP contribution < -0.4 is 5.32 Å². The number of nitrogens with zero attached hydrogens (tertiary/aromatic N) is 2. The zero-order valence-corrected chi connectivity index (χ0v) is 11.8. The molecule has 2 fully saturated rings. The molecule has 0 aliphatic carbocycles. The van der Waals surface area contributed by atoms with Crippen LogP contribution in [0.1, 0.15) is 19.8 Å². The van der Waals surface area contributed by atoms with E-state index >= 15 is 0 Å². The lowest BCUT2D eigenvalue weighted by Gasteiger charge is -2.32. The number of hydrogen-bond acceptors (Lipinski definition) is 3. The molecule has 4 heteroatoms. The highest BCUT2D eigenvalue weighted by Crippen LogP contribution is 2.18. The van der Waals surface area contributed by atoms with Crippen LogP contribution in [0.4, 0.5) is 0 Å². The molecule has 2 aliphatic heterocycles. The molecule has 0 unspecified atom stereocenters. The second kappa shape index (κ2) is 5.85. The van der Waals surface area contributed by atoms with Crippen molar-refractivity contribution in [3.8, 4) is 0 Å². The Labute approximate surface area is 110 Å². The first-order chi connectivity index (χ1) is 8.58. The molecule has 1 N–H and O–H groups in total. The second-order valence-corrected chi connectivity index (χ2v) is 5.76. The van der Waals surface area contributed by atoms with Crippen molar-refractivity contribution in [1.29, 1.82) is 0 Å². The van der Waals surface area contributed by atoms with Gasteiger partial charge in [-0.1, -0.05) is 0 Å². The molecule has 0 aromatic rings. The highest BCUT2D eigenvalue weighted by atomic mass is 16.2. The topological polar surface area (TPSA) is 35.6 Å². The summed E-state index contributed by atoms with van der Waals surface area (Å²) in [7, 11) is 4.11. The van der Waals surface area contributed by atoms with Crippen LogP contribution in [0.3, 0.4) is 0 Å². The minimum atomic E-state index is 0.213. The van der Waals surface area contributed by atoms with Crippen molar-refractivity contribution in [2.45, 2.75) is 19.8 Å². The largest absolute Gasteiger partial charge is 0.342 e. The van der Waals surface area contributed by atoms with Gasteiger partial charge < -0.3 is 15.1 Å². The third-order valence-electron chi connectivity index (χ3n) is 4.24. The van der Waals surface area contributed by atoms with Crippen molar-refractivity contribution in [3.63, 3.8) is 0 Å². The highest BCUT2D eigenvalue weighted by Gasteiger charge is 2.23. The molecule has 18 heavy (non-hydrogen) atoms. The number of hydrogen-bond donors (Lipinski definition) is 1. The van der Waals surface area contributed by atoms with Crippen molar-refractivity contribution < 1.29 is 4.79 Å². The number of nitrogens with one attached hydrogen (secondary N) is 1. The Balaban J connectivity index is 1.84. The van der Waals surface area contributed by atoms with Crippen LogP contribution in [-0.2, 0) is 4.79 Å². The maximum absolute atomic E-state index is 12.2. The molecule has 2 saturated heterocycles. The Hall–Kier alpha value is -0.870. The SMILES string of the molecule is CC(C(=O)N(C)CC1CCN(C)CC1)=C1CNC1. The molecule has 0 saturated carbocycles. The normalized spacial score (nSPS) is 21.6. The minimum absolute atomic E-state index is 0.213. The van der Waals surface area contributed by atoms with Gasteiger partial charge in [0, 0.05) is 32.3 Å². The Bertz CT molecular complexity index is 337. The zero-order chi connectivity index (χ0) is 13.1. The van der Waals surface area contributed by atoms with Crippen molar-refractivity contribution in [2.24, 2.45) is 5.92 Å². The summed E-state index contributed by atoms with van der Waals surface area (Å²) in [5.41, 5.74) is 2.22. The van der Waals surface area contributed by atoms with Crippen LogP contribution in [0, 0.1) is 5.92 Å². The van der Waals surface area contributed by atoms with Gasteiger partial charge in [0.25, 0.3) is 0 Å². The Morgan fingerprint density at radius 3 is 2.50 bits per heavy atom. The van der Waals surface area contributed by atoms with Crippen LogP contribution in [0.5, 0.6) is 0 Å². The molecule has 0 bridgehead atoms. The van der Waals surface area contributed by atoms with Crippen LogP contribution in [-0.4, -0.2) is 62.5 Å². The number of carbonyl (C=O) groups is 1. The monoisotopic (exact) mass is 251 g/mol. The third kappa shape index (κ3) is 3.12. The molecule has 102 valence electrons. The molecule has 0 atom stereocenters. The molecule has 1 amide bonds. The van der Waals surface area contributed by atoms with E-state index in [-0.39, 0.29) is 5.91 Å². The average Bonchev–Trinajstić information content (AvgIpc) is 2.28. The number of likely N-dealkylation sites (tertiary alicyclic amines) is 1. The molecule has 0 aromatic carbocycles. The molecular weight excluding hydrogens is 226 g/mol. The summed E-state index contributed by atoms with van der Waals surface area (Å²) in [6.45, 7) is 6.97. The first-order valence-corrected chi connectivity index (χ1v) is 6.91. The third-order valence-corrected chi connectivity index (χ3v) is 4.24. The van der Waals surface area contributed by atoms with Gasteiger partial charge in [0.2, 0.25) is 5.91 Å². The lowest BCUT2D eigenvalue weighted by molar-refractivity contribution is -0.126. The predicted octanol–water partition coefficient (Wildman–Crippen LogP) is 0.706. The van der Waals surface area contributed by atoms with Crippen molar-refractivity contribution in [3.05, 3.63) is 11.1 Å². The Kier molecular flexibility index (Phi) is 4.40. The van der Waals surface area contributed by atoms with Crippen molar-refractivity contribution in [2.75, 3.05) is 46.8 Å². The number of carbonyl (C=O) groups excluding carboxylic acids is 1. The first-order valence-electron chi connectivity index (χ1n) is 6.91. The van der Waals surface area contributed by atoms with Gasteiger partial charge in [-0.05, 0) is 51.4 Å². The van der Waals surface area contributed by atoms with Gasteiger partial charge in [0.1, 0.15) is 0 Å². The fourth-order valence-corrected chi connectivity index (χ4v) is 2.67. The lowest BCUT2D eigenvalue weighted by Crippen LogP contribution is -2.40. The number of likely N-dealkylation sites (N-methyl/N-ethyl adjacent to an activating group) is 1. The van der Waals surface area contributed by atoms with E-state index < -0.39 is 0 Å². The smallest absolute Gasteiger partial charge is 0.249 e. The van der Waals surface area contributed by atoms with Gasteiger partial charge in [0.15, 0.2) is 0 Å². The number of amides is 1. The average molecular weight is 251 g/mol. The summed E-state index contributed by atoms with van der Waals surface area (Å²) in [6.07, 6.45) is 2.43. The second-order valence-electron chi connectivity index (χ2n) is 5.76. The standard InChI is InChI=1S/C14H25N3O/c1-11(13-8-15-9-13)14(18)17(3)10-12-4-6-16(2)7-5-12/h12,15H,4-10H2,1-3H3. The Morgan fingerprint density at radius 2 is 2.00 bits per heavy atom. The summed E-state index contributed by atoms with van der Waals surface area (Å²) >= 11 is 0. The van der Waals surface area contributed by atoms with Crippen molar-refractivity contribution >= 4 is 5.91 Å². The van der Waals surface area contributed by atoms with E-state index in [9.17, 15) is 4.79 Å². The fraction of sp³-hybridized carbons (Fsp3) is 0.786. The molecule has 4 nitrogen and oxygen atoms in total. The number of piperidine rings is 1. The summed E-state index contributed by atoms with van der Waals surface area (Å²) in [6, 6.07) is 0. The van der Waals surface area contributed by atoms with E-state index in [1.165, 1.54) is 18.4 Å². The van der Waals surface area contributed by atoms with E-state index in [4.69, 9.17) is 0 Å². The van der Waals surface area contributed by atoms with E-state index in [0.29, 0.717) is 5.92 Å². The molecule has 0 aromatic heterocycles. The maximum Gasteiger partial charge on any atom is 0.249 e. The zero-order valence-electron chi connectivity index (χ0n) is 11.8. The van der Waals surface area contributed by atoms with E-state index in [1.807, 2.05) is 18.9 Å². The minimum Gasteiger partial charge on any atom is -0.342 e. The highest BCUT2D eigenvalue weighted by molar-refractivity contribution is 5.93. The Morgan fingerprint density at radius 1 is 1.39 bits per heavy atom. The number of rotatable bonds is 3. The van der Waals surface area contributed by atoms with E-state index in [0.717, 1.165) is 38.3 Å². The van der Waals surface area contributed by atoms with Crippen LogP contribution >= 0.6 is 0 Å². The van der Waals surface area contributed by atoms with Crippen LogP contribution in [0.25, 0.3) is 0 Å². The molecular formula is C14H25N3O. The first kappa shape index (κ1) is 13.6. The quantitative estimate of drug-likeness (QED) is 0.750.